The molecule has 1 heterocycles. The molecule has 0 bridgehead atoms. The number of benzene rings is 1. The van der Waals surface area contributed by atoms with Crippen LogP contribution in [0.15, 0.2) is 24.3 Å². The number of piperazine rings is 1. The van der Waals surface area contributed by atoms with Crippen molar-refractivity contribution in [2.75, 3.05) is 13.1 Å². The molecule has 1 aromatic carbocycles. The summed E-state index contributed by atoms with van der Waals surface area (Å²) in [5.74, 6) is 0. The van der Waals surface area contributed by atoms with Crippen LogP contribution in [0.2, 0.25) is 0 Å². The normalized spacial score (nSPS) is 27.7. The Hall–Kier alpha value is -0.860. The summed E-state index contributed by atoms with van der Waals surface area (Å²) in [6, 6.07) is 10.2. The lowest BCUT2D eigenvalue weighted by molar-refractivity contribution is 0.0355. The standard InChI is InChI=1S/C19H30N2/c1-15-7-9-18(10-8-15)17(3)21-14-19(20-13-16(21)2)11-5-4-6-12-19/h7-10,16-17,20H,4-6,11-14H2,1-3H3. The molecule has 1 saturated heterocycles. The maximum absolute atomic E-state index is 3.89. The third-order valence-electron chi connectivity index (χ3n) is 5.69. The van der Waals surface area contributed by atoms with Crippen molar-refractivity contribution in [3.8, 4) is 0 Å². The average molecular weight is 286 g/mol. The van der Waals surface area contributed by atoms with Gasteiger partial charge in [-0.25, -0.2) is 0 Å². The number of rotatable bonds is 2. The van der Waals surface area contributed by atoms with E-state index in [1.54, 1.807) is 0 Å². The minimum atomic E-state index is 0.393. The minimum Gasteiger partial charge on any atom is -0.308 e. The summed E-state index contributed by atoms with van der Waals surface area (Å²) in [4.78, 5) is 2.73. The van der Waals surface area contributed by atoms with Crippen LogP contribution in [-0.4, -0.2) is 29.6 Å². The molecule has 1 N–H and O–H groups in total. The molecule has 0 radical (unpaired) electrons. The molecule has 2 heteroatoms. The molecule has 1 saturated carbocycles. The number of nitrogens with zero attached hydrogens (tertiary/aromatic N) is 1. The first-order valence-electron chi connectivity index (χ1n) is 8.67. The van der Waals surface area contributed by atoms with E-state index in [1.807, 2.05) is 0 Å². The van der Waals surface area contributed by atoms with Gasteiger partial charge in [-0.1, -0.05) is 49.1 Å². The van der Waals surface area contributed by atoms with Crippen LogP contribution in [0.1, 0.15) is 63.1 Å². The lowest BCUT2D eigenvalue weighted by Gasteiger charge is -2.51. The van der Waals surface area contributed by atoms with Gasteiger partial charge in [0.15, 0.2) is 0 Å². The zero-order valence-corrected chi connectivity index (χ0v) is 13.9. The van der Waals surface area contributed by atoms with E-state index < -0.39 is 0 Å². The van der Waals surface area contributed by atoms with Gasteiger partial charge in [0.05, 0.1) is 0 Å². The lowest BCUT2D eigenvalue weighted by Crippen LogP contribution is -2.64. The van der Waals surface area contributed by atoms with Crippen LogP contribution >= 0.6 is 0 Å². The topological polar surface area (TPSA) is 15.3 Å². The van der Waals surface area contributed by atoms with Crippen molar-refractivity contribution < 1.29 is 0 Å². The van der Waals surface area contributed by atoms with Crippen molar-refractivity contribution in [2.45, 2.75) is 70.5 Å². The number of nitrogens with one attached hydrogen (secondary N) is 1. The third kappa shape index (κ3) is 3.17. The fraction of sp³-hybridized carbons (Fsp3) is 0.684. The highest BCUT2D eigenvalue weighted by molar-refractivity contribution is 5.24. The van der Waals surface area contributed by atoms with Crippen molar-refractivity contribution in [2.24, 2.45) is 0 Å². The molecule has 1 spiro atoms. The Kier molecular flexibility index (Phi) is 4.37. The van der Waals surface area contributed by atoms with Gasteiger partial charge < -0.3 is 5.32 Å². The molecule has 1 aromatic rings. The Labute approximate surface area is 129 Å². The Morgan fingerprint density at radius 3 is 2.48 bits per heavy atom. The van der Waals surface area contributed by atoms with Crippen LogP contribution < -0.4 is 5.32 Å². The van der Waals surface area contributed by atoms with Gasteiger partial charge in [0.2, 0.25) is 0 Å². The van der Waals surface area contributed by atoms with Gasteiger partial charge in [0.1, 0.15) is 0 Å². The summed E-state index contributed by atoms with van der Waals surface area (Å²) in [7, 11) is 0. The average Bonchev–Trinajstić information content (AvgIpc) is 2.51. The molecule has 0 aromatic heterocycles. The quantitative estimate of drug-likeness (QED) is 0.882. The fourth-order valence-corrected chi connectivity index (χ4v) is 4.16. The second-order valence-corrected chi connectivity index (χ2v) is 7.33. The monoisotopic (exact) mass is 286 g/mol. The third-order valence-corrected chi connectivity index (χ3v) is 5.69. The zero-order chi connectivity index (χ0) is 14.9. The Morgan fingerprint density at radius 1 is 1.14 bits per heavy atom. The highest BCUT2D eigenvalue weighted by Gasteiger charge is 2.40. The number of hydrogen-bond donors (Lipinski definition) is 1. The van der Waals surface area contributed by atoms with Crippen molar-refractivity contribution in [1.29, 1.82) is 0 Å². The summed E-state index contributed by atoms with van der Waals surface area (Å²) in [5.41, 5.74) is 3.20. The van der Waals surface area contributed by atoms with E-state index in [0.29, 0.717) is 17.6 Å². The molecule has 2 fully saturated rings. The first-order valence-corrected chi connectivity index (χ1v) is 8.67. The molecule has 2 nitrogen and oxygen atoms in total. The smallest absolute Gasteiger partial charge is 0.0324 e. The van der Waals surface area contributed by atoms with Gasteiger partial charge in [-0.15, -0.1) is 0 Å². The lowest BCUT2D eigenvalue weighted by atomic mass is 9.79. The van der Waals surface area contributed by atoms with Crippen molar-refractivity contribution in [3.63, 3.8) is 0 Å². The second kappa shape index (κ2) is 6.10. The highest BCUT2D eigenvalue weighted by Crippen LogP contribution is 2.35. The second-order valence-electron chi connectivity index (χ2n) is 7.33. The first-order chi connectivity index (χ1) is 10.1. The van der Waals surface area contributed by atoms with E-state index >= 15 is 0 Å². The Morgan fingerprint density at radius 2 is 1.81 bits per heavy atom. The molecule has 0 amide bonds. The number of hydrogen-bond acceptors (Lipinski definition) is 2. The van der Waals surface area contributed by atoms with Crippen LogP contribution in [0, 0.1) is 6.92 Å². The highest BCUT2D eigenvalue weighted by atomic mass is 15.3. The van der Waals surface area contributed by atoms with Gasteiger partial charge in [-0.05, 0) is 39.2 Å². The predicted octanol–water partition coefficient (Wildman–Crippen LogP) is 4.05. The van der Waals surface area contributed by atoms with Crippen LogP contribution in [0.3, 0.4) is 0 Å². The van der Waals surface area contributed by atoms with Crippen molar-refractivity contribution in [1.82, 2.24) is 10.2 Å². The number of aryl methyl sites for hydroxylation is 1. The summed E-state index contributed by atoms with van der Waals surface area (Å²) >= 11 is 0. The maximum Gasteiger partial charge on any atom is 0.0324 e. The summed E-state index contributed by atoms with van der Waals surface area (Å²) in [6.07, 6.45) is 6.93. The molecule has 3 rings (SSSR count). The van der Waals surface area contributed by atoms with E-state index in [2.05, 4.69) is 55.3 Å². The fourth-order valence-electron chi connectivity index (χ4n) is 4.16. The summed E-state index contributed by atoms with van der Waals surface area (Å²) < 4.78 is 0. The Balaban J connectivity index is 1.76. The van der Waals surface area contributed by atoms with Crippen LogP contribution in [0.4, 0.5) is 0 Å². The van der Waals surface area contributed by atoms with Crippen LogP contribution in [0.5, 0.6) is 0 Å². The van der Waals surface area contributed by atoms with E-state index in [1.165, 1.54) is 49.8 Å². The molecule has 116 valence electrons. The SMILES string of the molecule is Cc1ccc(C(C)N2CC3(CCCCC3)NCC2C)cc1. The van der Waals surface area contributed by atoms with Gasteiger partial charge in [-0.2, -0.15) is 0 Å². The van der Waals surface area contributed by atoms with Crippen LogP contribution in [0.25, 0.3) is 0 Å². The minimum absolute atomic E-state index is 0.393. The van der Waals surface area contributed by atoms with E-state index in [0.717, 1.165) is 6.54 Å². The molecule has 2 atom stereocenters. The zero-order valence-electron chi connectivity index (χ0n) is 13.9. The largest absolute Gasteiger partial charge is 0.308 e. The van der Waals surface area contributed by atoms with Crippen LogP contribution in [-0.2, 0) is 0 Å². The molecule has 1 aliphatic carbocycles. The molecule has 21 heavy (non-hydrogen) atoms. The maximum atomic E-state index is 3.89. The predicted molar refractivity (Wildman–Crippen MR) is 89.6 cm³/mol. The van der Waals surface area contributed by atoms with E-state index in [-0.39, 0.29) is 0 Å². The molecular weight excluding hydrogens is 256 g/mol. The van der Waals surface area contributed by atoms with Gasteiger partial charge in [0.25, 0.3) is 0 Å². The van der Waals surface area contributed by atoms with E-state index in [9.17, 15) is 0 Å². The molecule has 1 aliphatic heterocycles. The van der Waals surface area contributed by atoms with Gasteiger partial charge in [0, 0.05) is 30.7 Å². The summed E-state index contributed by atoms with van der Waals surface area (Å²) in [6.45, 7) is 9.26. The molecule has 2 aliphatic rings. The van der Waals surface area contributed by atoms with Crippen molar-refractivity contribution in [3.05, 3.63) is 35.4 Å². The van der Waals surface area contributed by atoms with Gasteiger partial charge in [-0.3, -0.25) is 4.90 Å². The Bertz CT molecular complexity index is 459. The molecular formula is C19H30N2. The van der Waals surface area contributed by atoms with E-state index in [4.69, 9.17) is 0 Å². The molecule has 2 unspecified atom stereocenters. The first kappa shape index (κ1) is 15.1. The van der Waals surface area contributed by atoms with Gasteiger partial charge >= 0.3 is 0 Å². The van der Waals surface area contributed by atoms with Crippen molar-refractivity contribution >= 4 is 0 Å². The summed E-state index contributed by atoms with van der Waals surface area (Å²) in [5, 5.41) is 3.89.